The molecule has 0 fully saturated rings. The van der Waals surface area contributed by atoms with Crippen LogP contribution in [0, 0.1) is 11.6 Å². The van der Waals surface area contributed by atoms with Crippen LogP contribution in [0.15, 0.2) is 30.6 Å². The van der Waals surface area contributed by atoms with Crippen molar-refractivity contribution in [2.24, 2.45) is 0 Å². The van der Waals surface area contributed by atoms with E-state index in [1.807, 2.05) is 0 Å². The van der Waals surface area contributed by atoms with Crippen molar-refractivity contribution >= 4 is 0 Å². The molecule has 1 unspecified atom stereocenters. The number of hydrogen-bond donors (Lipinski definition) is 1. The summed E-state index contributed by atoms with van der Waals surface area (Å²) in [5.41, 5.74) is 0.986. The van der Waals surface area contributed by atoms with Crippen molar-refractivity contribution in [1.82, 2.24) is 15.3 Å². The van der Waals surface area contributed by atoms with E-state index >= 15 is 0 Å². The molecule has 0 bridgehead atoms. The van der Waals surface area contributed by atoms with Gasteiger partial charge in [-0.2, -0.15) is 0 Å². The first-order valence-electron chi connectivity index (χ1n) is 6.11. The Labute approximate surface area is 115 Å². The smallest absolute Gasteiger partial charge is 0.237 e. The van der Waals surface area contributed by atoms with Gasteiger partial charge < -0.3 is 10.1 Å². The number of aromatic nitrogens is 2. The highest BCUT2D eigenvalue weighted by molar-refractivity contribution is 5.26. The third kappa shape index (κ3) is 3.08. The van der Waals surface area contributed by atoms with Crippen LogP contribution in [0.4, 0.5) is 8.78 Å². The molecule has 6 heteroatoms. The number of hydrogen-bond acceptors (Lipinski definition) is 4. The Balaban J connectivity index is 2.29. The Hall–Kier alpha value is -2.08. The second-order valence-corrected chi connectivity index (χ2v) is 4.23. The topological polar surface area (TPSA) is 47.0 Å². The van der Waals surface area contributed by atoms with Crippen molar-refractivity contribution in [1.29, 1.82) is 0 Å². The Morgan fingerprint density at radius 2 is 2.00 bits per heavy atom. The molecule has 0 aliphatic rings. The molecule has 1 heterocycles. The molecule has 2 aromatic rings. The van der Waals surface area contributed by atoms with E-state index < -0.39 is 11.6 Å². The number of ether oxygens (including phenoxy) is 1. The van der Waals surface area contributed by atoms with Gasteiger partial charge in [0, 0.05) is 18.5 Å². The molecule has 0 aliphatic heterocycles. The average molecular weight is 279 g/mol. The van der Waals surface area contributed by atoms with Gasteiger partial charge in [0.05, 0.1) is 13.2 Å². The van der Waals surface area contributed by atoms with Gasteiger partial charge in [-0.05, 0) is 25.1 Å². The first kappa shape index (κ1) is 14.3. The molecule has 0 spiro atoms. The summed E-state index contributed by atoms with van der Waals surface area (Å²) >= 11 is 0. The number of likely N-dealkylation sites (N-methyl/N-ethyl adjacent to an activating group) is 1. The highest BCUT2D eigenvalue weighted by Gasteiger charge is 2.19. The fourth-order valence-corrected chi connectivity index (χ4v) is 1.97. The van der Waals surface area contributed by atoms with Gasteiger partial charge in [-0.1, -0.05) is 6.07 Å². The van der Waals surface area contributed by atoms with Crippen LogP contribution in [0.2, 0.25) is 0 Å². The molecule has 1 aromatic heterocycles. The minimum absolute atomic E-state index is 0.279. The largest absolute Gasteiger partial charge is 0.480 e. The van der Waals surface area contributed by atoms with Crippen LogP contribution in [-0.2, 0) is 6.42 Å². The third-order valence-electron chi connectivity index (χ3n) is 3.00. The van der Waals surface area contributed by atoms with Crippen LogP contribution < -0.4 is 10.1 Å². The van der Waals surface area contributed by atoms with E-state index in [0.29, 0.717) is 23.6 Å². The lowest BCUT2D eigenvalue weighted by Gasteiger charge is -2.17. The van der Waals surface area contributed by atoms with Crippen molar-refractivity contribution in [2.45, 2.75) is 12.5 Å². The fraction of sp³-hybridized carbons (Fsp3) is 0.286. The van der Waals surface area contributed by atoms with Crippen molar-refractivity contribution in [3.8, 4) is 5.88 Å². The first-order chi connectivity index (χ1) is 9.65. The lowest BCUT2D eigenvalue weighted by molar-refractivity contribution is 0.378. The van der Waals surface area contributed by atoms with Gasteiger partial charge in [0.1, 0.15) is 17.3 Å². The van der Waals surface area contributed by atoms with Crippen molar-refractivity contribution in [3.05, 3.63) is 53.5 Å². The summed E-state index contributed by atoms with van der Waals surface area (Å²) < 4.78 is 31.8. The molecule has 2 rings (SSSR count). The lowest BCUT2D eigenvalue weighted by Crippen LogP contribution is -2.21. The van der Waals surface area contributed by atoms with E-state index in [4.69, 9.17) is 4.74 Å². The van der Waals surface area contributed by atoms with Crippen molar-refractivity contribution in [2.75, 3.05) is 14.2 Å². The van der Waals surface area contributed by atoms with Crippen molar-refractivity contribution < 1.29 is 13.5 Å². The Bertz CT molecular complexity index is 592. The van der Waals surface area contributed by atoms with Crippen LogP contribution in [0.1, 0.15) is 17.3 Å². The molecule has 106 valence electrons. The molecule has 0 amide bonds. The minimum Gasteiger partial charge on any atom is -0.480 e. The van der Waals surface area contributed by atoms with Crippen LogP contribution in [0.3, 0.4) is 0 Å². The van der Waals surface area contributed by atoms with Gasteiger partial charge in [0.25, 0.3) is 0 Å². The number of nitrogens with one attached hydrogen (secondary N) is 1. The van der Waals surface area contributed by atoms with E-state index in [9.17, 15) is 8.78 Å². The zero-order valence-corrected chi connectivity index (χ0v) is 11.2. The normalized spacial score (nSPS) is 12.2. The average Bonchev–Trinajstić information content (AvgIpc) is 2.46. The third-order valence-corrected chi connectivity index (χ3v) is 3.00. The second-order valence-electron chi connectivity index (χ2n) is 4.23. The van der Waals surface area contributed by atoms with Crippen LogP contribution in [0.25, 0.3) is 0 Å². The summed E-state index contributed by atoms with van der Waals surface area (Å²) in [7, 11) is 3.24. The van der Waals surface area contributed by atoms with Gasteiger partial charge in [-0.3, -0.25) is 4.98 Å². The molecule has 1 atom stereocenters. The SMILES string of the molecule is CNC(Cc1ccc(F)cc1F)c1nccnc1OC. The standard InChI is InChI=1S/C14H15F2N3O/c1-17-12(13-14(20-2)19-6-5-18-13)7-9-3-4-10(15)8-11(9)16/h3-6,8,12,17H,7H2,1-2H3. The number of nitrogens with zero attached hydrogens (tertiary/aromatic N) is 2. The van der Waals surface area contributed by atoms with Crippen LogP contribution in [0.5, 0.6) is 5.88 Å². The maximum absolute atomic E-state index is 13.7. The van der Waals surface area contributed by atoms with Crippen molar-refractivity contribution in [3.63, 3.8) is 0 Å². The number of halogens is 2. The summed E-state index contributed by atoms with van der Waals surface area (Å²) in [5.74, 6) is -0.785. The zero-order chi connectivity index (χ0) is 14.5. The molecule has 1 aromatic carbocycles. The lowest BCUT2D eigenvalue weighted by atomic mass is 10.0. The highest BCUT2D eigenvalue weighted by Crippen LogP contribution is 2.24. The molecule has 1 N–H and O–H groups in total. The maximum atomic E-state index is 13.7. The van der Waals surface area contributed by atoms with E-state index in [0.717, 1.165) is 6.07 Å². The fourth-order valence-electron chi connectivity index (χ4n) is 1.97. The summed E-state index contributed by atoms with van der Waals surface area (Å²) in [5, 5.41) is 3.04. The van der Waals surface area contributed by atoms with Gasteiger partial charge in [0.15, 0.2) is 0 Å². The van der Waals surface area contributed by atoms with E-state index in [-0.39, 0.29) is 6.04 Å². The molecule has 4 nitrogen and oxygen atoms in total. The molecule has 0 saturated heterocycles. The van der Waals surface area contributed by atoms with Gasteiger partial charge in [-0.15, -0.1) is 0 Å². The zero-order valence-electron chi connectivity index (χ0n) is 11.2. The number of methoxy groups -OCH3 is 1. The van der Waals surface area contributed by atoms with E-state index in [2.05, 4.69) is 15.3 Å². The highest BCUT2D eigenvalue weighted by atomic mass is 19.1. The molecule has 0 radical (unpaired) electrons. The van der Waals surface area contributed by atoms with Gasteiger partial charge in [0.2, 0.25) is 5.88 Å². The second kappa shape index (κ2) is 6.38. The Morgan fingerprint density at radius 3 is 2.65 bits per heavy atom. The molecular formula is C14H15F2N3O. The van der Waals surface area contributed by atoms with Gasteiger partial charge in [-0.25, -0.2) is 13.8 Å². The summed E-state index contributed by atoms with van der Waals surface area (Å²) in [6.45, 7) is 0. The monoisotopic (exact) mass is 279 g/mol. The first-order valence-corrected chi connectivity index (χ1v) is 6.11. The van der Waals surface area contributed by atoms with Gasteiger partial charge >= 0.3 is 0 Å². The minimum atomic E-state index is -0.593. The maximum Gasteiger partial charge on any atom is 0.237 e. The van der Waals surface area contributed by atoms with E-state index in [1.165, 1.54) is 25.4 Å². The molecule has 20 heavy (non-hydrogen) atoms. The summed E-state index contributed by atoms with van der Waals surface area (Å²) in [6.07, 6.45) is 3.38. The molecular weight excluding hydrogens is 264 g/mol. The van der Waals surface area contributed by atoms with Crippen LogP contribution in [-0.4, -0.2) is 24.1 Å². The summed E-state index contributed by atoms with van der Waals surface area (Å²) in [6, 6.07) is 3.26. The Morgan fingerprint density at radius 1 is 1.25 bits per heavy atom. The summed E-state index contributed by atoms with van der Waals surface area (Å²) in [4.78, 5) is 8.28. The predicted molar refractivity (Wildman–Crippen MR) is 70.4 cm³/mol. The number of rotatable bonds is 5. The molecule has 0 aliphatic carbocycles. The number of benzene rings is 1. The van der Waals surface area contributed by atoms with E-state index in [1.54, 1.807) is 13.2 Å². The Kier molecular flexibility index (Phi) is 4.57. The quantitative estimate of drug-likeness (QED) is 0.912. The van der Waals surface area contributed by atoms with Crippen LogP contribution >= 0.6 is 0 Å². The molecule has 0 saturated carbocycles. The predicted octanol–water partition coefficient (Wildman–Crippen LogP) is 2.27.